The van der Waals surface area contributed by atoms with Gasteiger partial charge in [-0.2, -0.15) is 0 Å². The second-order valence-electron chi connectivity index (χ2n) is 4.26. The zero-order valence-electron chi connectivity index (χ0n) is 10.1. The van der Waals surface area contributed by atoms with Crippen molar-refractivity contribution >= 4 is 17.0 Å². The summed E-state index contributed by atoms with van der Waals surface area (Å²) in [6.07, 6.45) is 2.21. The molecule has 0 unspecified atom stereocenters. The van der Waals surface area contributed by atoms with Crippen LogP contribution in [0.4, 0.5) is 0 Å². The van der Waals surface area contributed by atoms with Gasteiger partial charge in [0, 0.05) is 12.6 Å². The molecule has 2 aromatic heterocycles. The van der Waals surface area contributed by atoms with Crippen LogP contribution in [0, 0.1) is 0 Å². The van der Waals surface area contributed by atoms with Crippen molar-refractivity contribution in [3.63, 3.8) is 0 Å². The Bertz CT molecular complexity index is 572. The van der Waals surface area contributed by atoms with Crippen molar-refractivity contribution in [1.29, 1.82) is 0 Å². The number of H-pyrrole nitrogens is 1. The smallest absolute Gasteiger partial charge is 0.338 e. The van der Waals surface area contributed by atoms with Crippen LogP contribution in [-0.4, -0.2) is 26.0 Å². The molecular weight excluding hydrogens is 218 g/mol. The molecule has 0 bridgehead atoms. The van der Waals surface area contributed by atoms with Crippen LogP contribution in [0.2, 0.25) is 0 Å². The highest BCUT2D eigenvalue weighted by Crippen LogP contribution is 2.25. The molecule has 0 aliphatic carbocycles. The van der Waals surface area contributed by atoms with Gasteiger partial charge in [-0.3, -0.25) is 0 Å². The van der Waals surface area contributed by atoms with Gasteiger partial charge in [0.25, 0.3) is 0 Å². The fourth-order valence-electron chi connectivity index (χ4n) is 1.85. The number of carbonyl (C=O) groups is 1. The number of nitrogens with zero attached hydrogens (tertiary/aromatic N) is 2. The van der Waals surface area contributed by atoms with Crippen LogP contribution < -0.4 is 0 Å². The first kappa shape index (κ1) is 11.6. The summed E-state index contributed by atoms with van der Waals surface area (Å²) in [5.74, 6) is -0.0503. The van der Waals surface area contributed by atoms with E-state index < -0.39 is 5.97 Å². The lowest BCUT2D eigenvalue weighted by Gasteiger charge is -2.08. The summed E-state index contributed by atoms with van der Waals surface area (Å²) >= 11 is 0. The average Bonchev–Trinajstić information content (AvgIpc) is 2.70. The van der Waals surface area contributed by atoms with E-state index in [4.69, 9.17) is 5.11 Å². The van der Waals surface area contributed by atoms with Gasteiger partial charge in [0.2, 0.25) is 0 Å². The Kier molecular flexibility index (Phi) is 2.83. The predicted octanol–water partition coefficient (Wildman–Crippen LogP) is 2.34. The van der Waals surface area contributed by atoms with Crippen molar-refractivity contribution in [2.45, 2.75) is 33.1 Å². The summed E-state index contributed by atoms with van der Waals surface area (Å²) in [5.41, 5.74) is 1.65. The number of fused-ring (bicyclic) bond motifs is 1. The molecule has 0 saturated heterocycles. The molecule has 5 heteroatoms. The maximum atomic E-state index is 11.1. The lowest BCUT2D eigenvalue weighted by Crippen LogP contribution is -2.04. The zero-order chi connectivity index (χ0) is 12.6. The molecule has 2 aromatic rings. The van der Waals surface area contributed by atoms with Crippen molar-refractivity contribution < 1.29 is 9.90 Å². The lowest BCUT2D eigenvalue weighted by atomic mass is 10.0. The summed E-state index contributed by atoms with van der Waals surface area (Å²) in [5, 5.41) is 9.76. The molecule has 0 fully saturated rings. The van der Waals surface area contributed by atoms with E-state index in [1.54, 1.807) is 0 Å². The van der Waals surface area contributed by atoms with Crippen LogP contribution >= 0.6 is 0 Å². The fraction of sp³-hybridized carbons (Fsp3) is 0.417. The molecular formula is C12H15N3O2. The summed E-state index contributed by atoms with van der Waals surface area (Å²) in [7, 11) is 0. The number of carboxylic acid groups (broad SMARTS) is 1. The Morgan fingerprint density at radius 1 is 1.47 bits per heavy atom. The largest absolute Gasteiger partial charge is 0.478 e. The summed E-state index contributed by atoms with van der Waals surface area (Å²) < 4.78 is 0. The van der Waals surface area contributed by atoms with Crippen molar-refractivity contribution in [2.75, 3.05) is 0 Å². The van der Waals surface area contributed by atoms with Crippen LogP contribution in [0.3, 0.4) is 0 Å². The number of hydrogen-bond donors (Lipinski definition) is 2. The van der Waals surface area contributed by atoms with Gasteiger partial charge in [0.15, 0.2) is 0 Å². The molecule has 17 heavy (non-hydrogen) atoms. The van der Waals surface area contributed by atoms with Crippen LogP contribution in [0.25, 0.3) is 11.0 Å². The summed E-state index contributed by atoms with van der Waals surface area (Å²) in [6.45, 7) is 5.98. The fourth-order valence-corrected chi connectivity index (χ4v) is 1.85. The minimum atomic E-state index is -0.953. The molecule has 0 saturated carbocycles. The first-order chi connectivity index (χ1) is 8.04. The Hall–Kier alpha value is -1.91. The maximum absolute atomic E-state index is 11.1. The Morgan fingerprint density at radius 3 is 2.71 bits per heavy atom. The minimum absolute atomic E-state index is 0.166. The Morgan fingerprint density at radius 2 is 2.18 bits per heavy atom. The molecule has 2 rings (SSSR count). The number of aromatic amines is 1. The van der Waals surface area contributed by atoms with E-state index in [1.807, 2.05) is 20.8 Å². The molecule has 0 radical (unpaired) electrons. The number of hydrogen-bond acceptors (Lipinski definition) is 3. The highest BCUT2D eigenvalue weighted by molar-refractivity contribution is 6.03. The summed E-state index contributed by atoms with van der Waals surface area (Å²) in [4.78, 5) is 22.8. The summed E-state index contributed by atoms with van der Waals surface area (Å²) in [6, 6.07) is 0. The number of aryl methyl sites for hydroxylation is 1. The van der Waals surface area contributed by atoms with E-state index in [9.17, 15) is 4.79 Å². The second-order valence-corrected chi connectivity index (χ2v) is 4.26. The van der Waals surface area contributed by atoms with Gasteiger partial charge in [-0.1, -0.05) is 20.8 Å². The van der Waals surface area contributed by atoms with Crippen molar-refractivity contribution in [3.8, 4) is 0 Å². The SMILES string of the molecule is CCc1nc(C(C)C)c2c(C(=O)O)c[nH]c2n1. The average molecular weight is 233 g/mol. The monoisotopic (exact) mass is 233 g/mol. The second kappa shape index (κ2) is 4.16. The van der Waals surface area contributed by atoms with Crippen molar-refractivity contribution in [1.82, 2.24) is 15.0 Å². The van der Waals surface area contributed by atoms with E-state index in [-0.39, 0.29) is 11.5 Å². The van der Waals surface area contributed by atoms with E-state index in [2.05, 4.69) is 15.0 Å². The predicted molar refractivity (Wildman–Crippen MR) is 64.3 cm³/mol. The van der Waals surface area contributed by atoms with E-state index in [0.717, 1.165) is 17.9 Å². The van der Waals surface area contributed by atoms with E-state index >= 15 is 0 Å². The van der Waals surface area contributed by atoms with Crippen molar-refractivity contribution in [3.05, 3.63) is 23.3 Å². The first-order valence-corrected chi connectivity index (χ1v) is 5.65. The number of aromatic carboxylic acids is 1. The first-order valence-electron chi connectivity index (χ1n) is 5.65. The molecule has 0 aliphatic rings. The topological polar surface area (TPSA) is 78.9 Å². The molecule has 0 spiro atoms. The Labute approximate surface area is 98.9 Å². The molecule has 0 aromatic carbocycles. The highest BCUT2D eigenvalue weighted by atomic mass is 16.4. The molecule has 2 heterocycles. The van der Waals surface area contributed by atoms with Gasteiger partial charge in [-0.05, 0) is 5.92 Å². The molecule has 5 nitrogen and oxygen atoms in total. The quantitative estimate of drug-likeness (QED) is 0.852. The van der Waals surface area contributed by atoms with Gasteiger partial charge >= 0.3 is 5.97 Å². The van der Waals surface area contributed by atoms with Crippen LogP contribution in [0.1, 0.15) is 48.6 Å². The third-order valence-corrected chi connectivity index (χ3v) is 2.70. The van der Waals surface area contributed by atoms with E-state index in [0.29, 0.717) is 11.0 Å². The Balaban J connectivity index is 2.80. The number of carboxylic acids is 1. The van der Waals surface area contributed by atoms with Crippen LogP contribution in [-0.2, 0) is 6.42 Å². The van der Waals surface area contributed by atoms with Crippen molar-refractivity contribution in [2.24, 2.45) is 0 Å². The number of aromatic nitrogens is 3. The van der Waals surface area contributed by atoms with Gasteiger partial charge in [0.05, 0.1) is 16.6 Å². The highest BCUT2D eigenvalue weighted by Gasteiger charge is 2.18. The van der Waals surface area contributed by atoms with Gasteiger partial charge < -0.3 is 10.1 Å². The molecule has 0 amide bonds. The van der Waals surface area contributed by atoms with Gasteiger partial charge in [0.1, 0.15) is 11.5 Å². The van der Waals surface area contributed by atoms with Crippen LogP contribution in [0.5, 0.6) is 0 Å². The lowest BCUT2D eigenvalue weighted by molar-refractivity contribution is 0.0699. The molecule has 0 aliphatic heterocycles. The van der Waals surface area contributed by atoms with Gasteiger partial charge in [-0.15, -0.1) is 0 Å². The van der Waals surface area contributed by atoms with E-state index in [1.165, 1.54) is 6.20 Å². The normalized spacial score (nSPS) is 11.3. The van der Waals surface area contributed by atoms with Gasteiger partial charge in [-0.25, -0.2) is 14.8 Å². The minimum Gasteiger partial charge on any atom is -0.478 e. The maximum Gasteiger partial charge on any atom is 0.338 e. The number of nitrogens with one attached hydrogen (secondary N) is 1. The van der Waals surface area contributed by atoms with Crippen LogP contribution in [0.15, 0.2) is 6.20 Å². The standard InChI is InChI=1S/C12H15N3O2/c1-4-8-14-10(6(2)3)9-7(12(16)17)5-13-11(9)15-8/h5-6H,4H2,1-3H3,(H,16,17)(H,13,14,15). The molecule has 0 atom stereocenters. The molecule has 90 valence electrons. The number of rotatable bonds is 3. The zero-order valence-corrected chi connectivity index (χ0v) is 10.1. The third-order valence-electron chi connectivity index (χ3n) is 2.70. The molecule has 2 N–H and O–H groups in total. The third kappa shape index (κ3) is 1.88.